The molecule has 0 amide bonds. The molecule has 0 bridgehead atoms. The Morgan fingerprint density at radius 2 is 2.28 bits per heavy atom. The minimum atomic E-state index is -0.422. The van der Waals surface area contributed by atoms with Gasteiger partial charge in [0.2, 0.25) is 0 Å². The molecule has 7 heteroatoms. The molecule has 1 N–H and O–H groups in total. The summed E-state index contributed by atoms with van der Waals surface area (Å²) in [6, 6.07) is 4.60. The number of nitrogens with zero attached hydrogens (tertiary/aromatic N) is 4. The van der Waals surface area contributed by atoms with Gasteiger partial charge in [-0.15, -0.1) is 0 Å². The van der Waals surface area contributed by atoms with Crippen LogP contribution in [0.1, 0.15) is 0 Å². The van der Waals surface area contributed by atoms with Crippen molar-refractivity contribution < 1.29 is 4.92 Å². The highest BCUT2D eigenvalue weighted by atomic mass is 16.6. The second kappa shape index (κ2) is 3.66. The van der Waals surface area contributed by atoms with Crippen LogP contribution >= 0.6 is 0 Å². The van der Waals surface area contributed by atoms with E-state index in [0.717, 1.165) is 5.52 Å². The molecule has 3 rings (SSSR count). The van der Waals surface area contributed by atoms with Gasteiger partial charge >= 0.3 is 0 Å². The van der Waals surface area contributed by atoms with Crippen LogP contribution in [0.4, 0.5) is 5.69 Å². The Labute approximate surface area is 101 Å². The van der Waals surface area contributed by atoms with Gasteiger partial charge in [0.1, 0.15) is 5.69 Å². The molecule has 18 heavy (non-hydrogen) atoms. The maximum Gasteiger partial charge on any atom is 0.270 e. The van der Waals surface area contributed by atoms with E-state index in [1.807, 2.05) is 11.6 Å². The summed E-state index contributed by atoms with van der Waals surface area (Å²) in [5.41, 5.74) is 1.40. The second-order valence-corrected chi connectivity index (χ2v) is 3.92. The zero-order valence-corrected chi connectivity index (χ0v) is 9.49. The lowest BCUT2D eigenvalue weighted by atomic mass is 10.2. The fourth-order valence-electron chi connectivity index (χ4n) is 1.88. The maximum absolute atomic E-state index is 10.8. The van der Waals surface area contributed by atoms with Crippen LogP contribution in [0.2, 0.25) is 0 Å². The lowest BCUT2D eigenvalue weighted by Gasteiger charge is -1.98. The molecule has 7 nitrogen and oxygen atoms in total. The standard InChI is InChI=1S/C11H9N5O2/c1-15-5-4-12-11(15)10-8-6-7(16(17)18)2-3-9(8)13-14-10/h2-6H,1H3,(H,13,14). The van der Waals surface area contributed by atoms with Crippen LogP contribution in [0.5, 0.6) is 0 Å². The van der Waals surface area contributed by atoms with Gasteiger partial charge in [-0.2, -0.15) is 5.10 Å². The van der Waals surface area contributed by atoms with Crippen molar-refractivity contribution in [3.05, 3.63) is 40.7 Å². The molecule has 0 aliphatic carbocycles. The monoisotopic (exact) mass is 243 g/mol. The molecule has 0 atom stereocenters. The first-order valence-electron chi connectivity index (χ1n) is 5.27. The topological polar surface area (TPSA) is 89.6 Å². The highest BCUT2D eigenvalue weighted by Crippen LogP contribution is 2.27. The Morgan fingerprint density at radius 3 is 2.94 bits per heavy atom. The third-order valence-corrected chi connectivity index (χ3v) is 2.79. The summed E-state index contributed by atoms with van der Waals surface area (Å²) in [4.78, 5) is 14.6. The molecule has 0 spiro atoms. The van der Waals surface area contributed by atoms with Crippen LogP contribution in [0.3, 0.4) is 0 Å². The number of aryl methyl sites for hydroxylation is 1. The summed E-state index contributed by atoms with van der Waals surface area (Å²) >= 11 is 0. The molecule has 2 aromatic heterocycles. The lowest BCUT2D eigenvalue weighted by Crippen LogP contribution is -1.92. The van der Waals surface area contributed by atoms with E-state index < -0.39 is 4.92 Å². The normalized spacial score (nSPS) is 10.9. The van der Waals surface area contributed by atoms with Gasteiger partial charge in [0.15, 0.2) is 5.82 Å². The Hall–Kier alpha value is -2.70. The number of hydrogen-bond acceptors (Lipinski definition) is 4. The predicted molar refractivity (Wildman–Crippen MR) is 65.0 cm³/mol. The van der Waals surface area contributed by atoms with Gasteiger partial charge in [0.25, 0.3) is 5.69 Å². The van der Waals surface area contributed by atoms with Gasteiger partial charge in [-0.1, -0.05) is 0 Å². The molecule has 0 aliphatic heterocycles. The van der Waals surface area contributed by atoms with Crippen molar-refractivity contribution in [1.82, 2.24) is 19.7 Å². The molecular weight excluding hydrogens is 234 g/mol. The van der Waals surface area contributed by atoms with Crippen molar-refractivity contribution in [2.24, 2.45) is 7.05 Å². The number of hydrogen-bond donors (Lipinski definition) is 1. The summed E-state index contributed by atoms with van der Waals surface area (Å²) in [5, 5.41) is 18.5. The number of aromatic nitrogens is 4. The van der Waals surface area contributed by atoms with E-state index in [1.54, 1.807) is 18.5 Å². The first-order chi connectivity index (χ1) is 8.66. The zero-order valence-electron chi connectivity index (χ0n) is 9.49. The Morgan fingerprint density at radius 1 is 1.44 bits per heavy atom. The Balaban J connectivity index is 2.27. The maximum atomic E-state index is 10.8. The van der Waals surface area contributed by atoms with Gasteiger partial charge in [-0.3, -0.25) is 15.2 Å². The van der Waals surface area contributed by atoms with Gasteiger partial charge in [0, 0.05) is 37.0 Å². The molecule has 0 aliphatic rings. The number of nitro benzene ring substituents is 1. The van der Waals surface area contributed by atoms with Crippen LogP contribution in [-0.2, 0) is 7.05 Å². The summed E-state index contributed by atoms with van der Waals surface area (Å²) in [6.45, 7) is 0. The van der Waals surface area contributed by atoms with Crippen molar-refractivity contribution in [3.8, 4) is 11.5 Å². The summed E-state index contributed by atoms with van der Waals surface area (Å²) in [7, 11) is 1.85. The van der Waals surface area contributed by atoms with Crippen molar-refractivity contribution in [2.45, 2.75) is 0 Å². The third kappa shape index (κ3) is 1.45. The van der Waals surface area contributed by atoms with Gasteiger partial charge in [0.05, 0.1) is 10.4 Å². The first kappa shape index (κ1) is 10.5. The molecule has 0 fully saturated rings. The number of imidazole rings is 1. The average Bonchev–Trinajstić information content (AvgIpc) is 2.93. The largest absolute Gasteiger partial charge is 0.333 e. The fourth-order valence-corrected chi connectivity index (χ4v) is 1.88. The van der Waals surface area contributed by atoms with E-state index in [4.69, 9.17) is 0 Å². The molecule has 0 saturated heterocycles. The molecule has 90 valence electrons. The smallest absolute Gasteiger partial charge is 0.270 e. The van der Waals surface area contributed by atoms with Crippen molar-refractivity contribution in [3.63, 3.8) is 0 Å². The van der Waals surface area contributed by atoms with E-state index in [0.29, 0.717) is 16.9 Å². The van der Waals surface area contributed by atoms with Crippen molar-refractivity contribution in [2.75, 3.05) is 0 Å². The number of benzene rings is 1. The first-order valence-corrected chi connectivity index (χ1v) is 5.27. The molecule has 2 heterocycles. The van der Waals surface area contributed by atoms with Crippen LogP contribution < -0.4 is 0 Å². The van der Waals surface area contributed by atoms with Gasteiger partial charge in [-0.25, -0.2) is 4.98 Å². The molecule has 0 radical (unpaired) electrons. The summed E-state index contributed by atoms with van der Waals surface area (Å²) in [5.74, 6) is 0.668. The number of H-pyrrole nitrogens is 1. The third-order valence-electron chi connectivity index (χ3n) is 2.79. The number of non-ortho nitro benzene ring substituents is 1. The second-order valence-electron chi connectivity index (χ2n) is 3.92. The SMILES string of the molecule is Cn1ccnc1-c1n[nH]c2ccc([N+](=O)[O-])cc12. The summed E-state index contributed by atoms with van der Waals surface area (Å²) < 4.78 is 1.81. The van der Waals surface area contributed by atoms with E-state index in [1.165, 1.54) is 12.1 Å². The highest BCUT2D eigenvalue weighted by molar-refractivity contribution is 5.92. The summed E-state index contributed by atoms with van der Waals surface area (Å²) in [6.07, 6.45) is 3.46. The van der Waals surface area contributed by atoms with Crippen LogP contribution in [0.15, 0.2) is 30.6 Å². The zero-order chi connectivity index (χ0) is 12.7. The Kier molecular flexibility index (Phi) is 2.12. The molecule has 3 aromatic rings. The number of fused-ring (bicyclic) bond motifs is 1. The van der Waals surface area contributed by atoms with Crippen molar-refractivity contribution in [1.29, 1.82) is 0 Å². The van der Waals surface area contributed by atoms with E-state index in [2.05, 4.69) is 15.2 Å². The minimum absolute atomic E-state index is 0.0411. The number of rotatable bonds is 2. The van der Waals surface area contributed by atoms with Crippen LogP contribution in [-0.4, -0.2) is 24.7 Å². The predicted octanol–water partition coefficient (Wildman–Crippen LogP) is 1.87. The molecule has 1 aromatic carbocycles. The van der Waals surface area contributed by atoms with Crippen LogP contribution in [0.25, 0.3) is 22.4 Å². The van der Waals surface area contributed by atoms with Crippen molar-refractivity contribution >= 4 is 16.6 Å². The Bertz CT molecular complexity index is 743. The number of nitro groups is 1. The van der Waals surface area contributed by atoms with E-state index in [9.17, 15) is 10.1 Å². The molecule has 0 unspecified atom stereocenters. The minimum Gasteiger partial charge on any atom is -0.333 e. The van der Waals surface area contributed by atoms with E-state index in [-0.39, 0.29) is 5.69 Å². The number of nitrogens with one attached hydrogen (secondary N) is 1. The quantitative estimate of drug-likeness (QED) is 0.549. The van der Waals surface area contributed by atoms with Gasteiger partial charge < -0.3 is 4.57 Å². The highest BCUT2D eigenvalue weighted by Gasteiger charge is 2.15. The van der Waals surface area contributed by atoms with E-state index >= 15 is 0 Å². The van der Waals surface area contributed by atoms with Gasteiger partial charge in [-0.05, 0) is 6.07 Å². The van der Waals surface area contributed by atoms with Crippen LogP contribution in [0, 0.1) is 10.1 Å². The average molecular weight is 243 g/mol. The number of aromatic amines is 1. The fraction of sp³-hybridized carbons (Fsp3) is 0.0909. The lowest BCUT2D eigenvalue weighted by molar-refractivity contribution is -0.384. The molecule has 0 saturated carbocycles. The molecular formula is C11H9N5O2.